The van der Waals surface area contributed by atoms with Gasteiger partial charge in [-0.15, -0.1) is 6.42 Å². The molecule has 0 spiro atoms. The van der Waals surface area contributed by atoms with Crippen LogP contribution in [0.1, 0.15) is 19.4 Å². The van der Waals surface area contributed by atoms with E-state index in [4.69, 9.17) is 15.9 Å². The van der Waals surface area contributed by atoms with E-state index in [9.17, 15) is 13.9 Å². The van der Waals surface area contributed by atoms with Crippen LogP contribution in [0.2, 0.25) is 0 Å². The normalized spacial score (nSPS) is 12.2. The largest absolute Gasteiger partial charge is 0.436 e. The van der Waals surface area contributed by atoms with Crippen molar-refractivity contribution in [2.24, 2.45) is 13.0 Å². The average molecular weight is 484 g/mol. The van der Waals surface area contributed by atoms with Crippen molar-refractivity contribution in [1.82, 2.24) is 14.7 Å². The molecule has 1 unspecified atom stereocenters. The Labute approximate surface area is 205 Å². The fraction of sp³-hybridized carbons (Fsp3) is 0.370. The third-order valence-corrected chi connectivity index (χ3v) is 5.21. The fourth-order valence-electron chi connectivity index (χ4n) is 3.86. The third-order valence-electron chi connectivity index (χ3n) is 5.21. The van der Waals surface area contributed by atoms with E-state index in [0.717, 1.165) is 23.3 Å². The highest BCUT2D eigenvalue weighted by Gasteiger charge is 2.24. The summed E-state index contributed by atoms with van der Waals surface area (Å²) >= 11 is 0. The molecule has 1 heterocycles. The monoisotopic (exact) mass is 483 g/mol. The Kier molecular flexibility index (Phi) is 9.38. The topological polar surface area (TPSA) is 59.8 Å². The number of aryl methyl sites for hydroxylation is 1. The number of aromatic nitrogens is 2. The van der Waals surface area contributed by atoms with E-state index in [1.165, 1.54) is 6.07 Å². The standard InChI is InChI=1S/C27H31F2N3O3/c1-5-13-34-18-22(33)16-32(15-19(2)3)17-23-26(20-9-7-6-8-10-20)30-31(4)27(23)35-25-12-11-21(28)14-24(25)29/h1,6-12,14,19,22,33H,13,15-18H2,2-4H3. The highest BCUT2D eigenvalue weighted by atomic mass is 19.1. The van der Waals surface area contributed by atoms with Crippen LogP contribution in [-0.4, -0.2) is 52.2 Å². The van der Waals surface area contributed by atoms with Crippen LogP contribution in [0, 0.1) is 29.9 Å². The van der Waals surface area contributed by atoms with Gasteiger partial charge in [-0.3, -0.25) is 4.90 Å². The van der Waals surface area contributed by atoms with Gasteiger partial charge in [0, 0.05) is 38.3 Å². The molecule has 0 bridgehead atoms. The van der Waals surface area contributed by atoms with Crippen molar-refractivity contribution in [1.29, 1.82) is 0 Å². The number of aliphatic hydroxyl groups excluding tert-OH is 1. The molecule has 0 aliphatic carbocycles. The number of benzene rings is 2. The second-order valence-corrected chi connectivity index (χ2v) is 8.76. The first-order chi connectivity index (χ1) is 16.8. The van der Waals surface area contributed by atoms with Crippen LogP contribution in [0.5, 0.6) is 11.6 Å². The number of hydrogen-bond acceptors (Lipinski definition) is 5. The first-order valence-corrected chi connectivity index (χ1v) is 11.4. The van der Waals surface area contributed by atoms with Crippen LogP contribution in [0.15, 0.2) is 48.5 Å². The summed E-state index contributed by atoms with van der Waals surface area (Å²) in [7, 11) is 1.71. The molecule has 186 valence electrons. The number of terminal acetylenes is 1. The Morgan fingerprint density at radius 2 is 1.89 bits per heavy atom. The Hall–Kier alpha value is -3.25. The predicted molar refractivity (Wildman–Crippen MR) is 131 cm³/mol. The first kappa shape index (κ1) is 26.4. The SMILES string of the molecule is C#CCOCC(O)CN(Cc1c(-c2ccccc2)nn(C)c1Oc1ccc(F)cc1F)CC(C)C. The summed E-state index contributed by atoms with van der Waals surface area (Å²) in [6.07, 6.45) is 4.47. The molecule has 1 aromatic heterocycles. The van der Waals surface area contributed by atoms with Crippen molar-refractivity contribution in [3.05, 3.63) is 65.7 Å². The van der Waals surface area contributed by atoms with Gasteiger partial charge < -0.3 is 14.6 Å². The van der Waals surface area contributed by atoms with E-state index >= 15 is 0 Å². The maximum atomic E-state index is 14.4. The van der Waals surface area contributed by atoms with Crippen LogP contribution in [0.3, 0.4) is 0 Å². The van der Waals surface area contributed by atoms with Gasteiger partial charge in [-0.25, -0.2) is 13.5 Å². The van der Waals surface area contributed by atoms with Gasteiger partial charge in [-0.2, -0.15) is 5.10 Å². The van der Waals surface area contributed by atoms with E-state index < -0.39 is 17.7 Å². The molecule has 35 heavy (non-hydrogen) atoms. The lowest BCUT2D eigenvalue weighted by atomic mass is 10.1. The maximum Gasteiger partial charge on any atom is 0.222 e. The lowest BCUT2D eigenvalue weighted by molar-refractivity contribution is 0.0237. The van der Waals surface area contributed by atoms with E-state index in [1.54, 1.807) is 11.7 Å². The van der Waals surface area contributed by atoms with Crippen LogP contribution in [0.4, 0.5) is 8.78 Å². The van der Waals surface area contributed by atoms with E-state index in [-0.39, 0.29) is 19.0 Å². The maximum absolute atomic E-state index is 14.4. The second-order valence-electron chi connectivity index (χ2n) is 8.76. The van der Waals surface area contributed by atoms with E-state index in [0.29, 0.717) is 37.1 Å². The highest BCUT2D eigenvalue weighted by Crippen LogP contribution is 2.35. The van der Waals surface area contributed by atoms with Crippen molar-refractivity contribution >= 4 is 0 Å². The molecule has 0 amide bonds. The van der Waals surface area contributed by atoms with Crippen LogP contribution in [0.25, 0.3) is 11.3 Å². The van der Waals surface area contributed by atoms with Gasteiger partial charge in [0.1, 0.15) is 18.1 Å². The zero-order chi connectivity index (χ0) is 25.4. The minimum atomic E-state index is -0.807. The summed E-state index contributed by atoms with van der Waals surface area (Å²) in [6, 6.07) is 12.8. The van der Waals surface area contributed by atoms with Gasteiger partial charge in [0.15, 0.2) is 11.6 Å². The molecular formula is C27H31F2N3O3. The molecule has 0 aliphatic heterocycles. The Morgan fingerprint density at radius 1 is 1.14 bits per heavy atom. The quantitative estimate of drug-likeness (QED) is 0.301. The van der Waals surface area contributed by atoms with Gasteiger partial charge in [0.05, 0.1) is 18.3 Å². The molecule has 0 fully saturated rings. The lowest BCUT2D eigenvalue weighted by Gasteiger charge is -2.27. The molecule has 3 rings (SSSR count). The van der Waals surface area contributed by atoms with Crippen LogP contribution < -0.4 is 4.74 Å². The predicted octanol–water partition coefficient (Wildman–Crippen LogP) is 4.63. The summed E-state index contributed by atoms with van der Waals surface area (Å²) in [5, 5.41) is 15.2. The Morgan fingerprint density at radius 3 is 2.54 bits per heavy atom. The van der Waals surface area contributed by atoms with Crippen LogP contribution >= 0.6 is 0 Å². The van der Waals surface area contributed by atoms with E-state index in [1.807, 2.05) is 30.3 Å². The summed E-state index contributed by atoms with van der Waals surface area (Å²) < 4.78 is 40.6. The summed E-state index contributed by atoms with van der Waals surface area (Å²) in [5.41, 5.74) is 2.27. The van der Waals surface area contributed by atoms with Gasteiger partial charge in [-0.05, 0) is 18.1 Å². The number of rotatable bonds is 12. The highest BCUT2D eigenvalue weighted by molar-refractivity contribution is 5.65. The molecule has 3 aromatic rings. The van der Waals surface area contributed by atoms with Gasteiger partial charge in [0.2, 0.25) is 5.88 Å². The zero-order valence-electron chi connectivity index (χ0n) is 20.2. The van der Waals surface area contributed by atoms with E-state index in [2.05, 4.69) is 29.8 Å². The molecule has 0 aliphatic rings. The molecule has 1 N–H and O–H groups in total. The number of hydrogen-bond donors (Lipinski definition) is 1. The molecule has 8 heteroatoms. The van der Waals surface area contributed by atoms with Gasteiger partial charge >= 0.3 is 0 Å². The minimum Gasteiger partial charge on any atom is -0.436 e. The molecule has 0 saturated heterocycles. The number of ether oxygens (including phenoxy) is 2. The molecule has 0 saturated carbocycles. The molecule has 6 nitrogen and oxygen atoms in total. The number of aliphatic hydroxyl groups is 1. The smallest absolute Gasteiger partial charge is 0.222 e. The van der Waals surface area contributed by atoms with Crippen molar-refractivity contribution in [3.8, 4) is 35.2 Å². The Balaban J connectivity index is 1.98. The second kappa shape index (κ2) is 12.5. The average Bonchev–Trinajstić information content (AvgIpc) is 3.11. The van der Waals surface area contributed by atoms with Gasteiger partial charge in [0.25, 0.3) is 0 Å². The minimum absolute atomic E-state index is 0.103. The summed E-state index contributed by atoms with van der Waals surface area (Å²) in [6.45, 7) is 5.79. The first-order valence-electron chi connectivity index (χ1n) is 11.4. The fourth-order valence-corrected chi connectivity index (χ4v) is 3.86. The molecular weight excluding hydrogens is 452 g/mol. The van der Waals surface area contributed by atoms with Crippen LogP contribution in [-0.2, 0) is 18.3 Å². The van der Waals surface area contributed by atoms with Gasteiger partial charge in [-0.1, -0.05) is 50.1 Å². The Bertz CT molecular complexity index is 1140. The van der Waals surface area contributed by atoms with Crippen molar-refractivity contribution in [2.75, 3.05) is 26.3 Å². The van der Waals surface area contributed by atoms with Crippen molar-refractivity contribution < 1.29 is 23.4 Å². The molecule has 2 aromatic carbocycles. The number of halogens is 2. The van der Waals surface area contributed by atoms with Crippen molar-refractivity contribution in [2.45, 2.75) is 26.5 Å². The molecule has 1 atom stereocenters. The third kappa shape index (κ3) is 7.36. The summed E-state index contributed by atoms with van der Waals surface area (Å²) in [4.78, 5) is 2.08. The lowest BCUT2D eigenvalue weighted by Crippen LogP contribution is -2.37. The number of nitrogens with zero attached hydrogens (tertiary/aromatic N) is 3. The zero-order valence-corrected chi connectivity index (χ0v) is 20.2. The molecule has 0 radical (unpaired) electrons. The summed E-state index contributed by atoms with van der Waals surface area (Å²) in [5.74, 6) is 1.43. The van der Waals surface area contributed by atoms with Crippen molar-refractivity contribution in [3.63, 3.8) is 0 Å².